The lowest BCUT2D eigenvalue weighted by molar-refractivity contribution is -0.121. The molecule has 0 spiro atoms. The van der Waals surface area contributed by atoms with Gasteiger partial charge in [0.2, 0.25) is 0 Å². The Kier molecular flexibility index (Phi) is 5.16. The molecule has 0 aromatic heterocycles. The number of nitrogens with zero attached hydrogens (tertiary/aromatic N) is 2. The van der Waals surface area contributed by atoms with E-state index in [0.717, 1.165) is 23.7 Å². The summed E-state index contributed by atoms with van der Waals surface area (Å²) >= 11 is 0. The number of hydrogen-bond acceptors (Lipinski definition) is 5. The molecule has 0 saturated heterocycles. The van der Waals surface area contributed by atoms with Crippen LogP contribution in [0.2, 0.25) is 0 Å². The second kappa shape index (κ2) is 7.53. The van der Waals surface area contributed by atoms with Crippen LogP contribution in [0.5, 0.6) is 5.75 Å². The van der Waals surface area contributed by atoms with Crippen LogP contribution in [0.4, 0.5) is 11.4 Å². The fraction of sp³-hybridized carbons (Fsp3) is 0.238. The van der Waals surface area contributed by atoms with Gasteiger partial charge in [-0.05, 0) is 55.8 Å². The smallest absolute Gasteiger partial charge is 0.301 e. The monoisotopic (exact) mass is 366 g/mol. The van der Waals surface area contributed by atoms with Crippen molar-refractivity contribution in [2.45, 2.75) is 13.8 Å². The number of aliphatic hydroxyl groups is 1. The summed E-state index contributed by atoms with van der Waals surface area (Å²) in [6.45, 7) is 5.85. The summed E-state index contributed by atoms with van der Waals surface area (Å²) in [4.78, 5) is 28.5. The molecule has 0 atom stereocenters. The van der Waals surface area contributed by atoms with Crippen molar-refractivity contribution in [1.82, 2.24) is 0 Å². The van der Waals surface area contributed by atoms with Gasteiger partial charge in [0, 0.05) is 18.8 Å². The quantitative estimate of drug-likeness (QED) is 0.794. The normalized spacial score (nSPS) is 14.1. The molecule has 27 heavy (non-hydrogen) atoms. The van der Waals surface area contributed by atoms with Gasteiger partial charge in [-0.3, -0.25) is 9.59 Å². The summed E-state index contributed by atoms with van der Waals surface area (Å²) in [7, 11) is 1.54. The van der Waals surface area contributed by atoms with Crippen LogP contribution in [0.25, 0.3) is 5.57 Å². The summed E-state index contributed by atoms with van der Waals surface area (Å²) < 4.78 is 5.10. The van der Waals surface area contributed by atoms with Crippen LogP contribution in [0.1, 0.15) is 19.4 Å². The summed E-state index contributed by atoms with van der Waals surface area (Å²) in [5, 5.41) is 10.3. The average Bonchev–Trinajstić information content (AvgIpc) is 2.92. The van der Waals surface area contributed by atoms with E-state index in [2.05, 4.69) is 18.7 Å². The number of methoxy groups -OCH3 is 1. The van der Waals surface area contributed by atoms with E-state index >= 15 is 0 Å². The minimum absolute atomic E-state index is 0.00419. The standard InChI is InChI=1S/C21H22N2O4/c1-4-22(5-2)15-8-10-16(11-9-15)23-20(25)18(19(24)21(23)26)14-6-12-17(27-3)13-7-14/h6-13,24H,4-5H2,1-3H3. The SMILES string of the molecule is CCN(CC)c1ccc(N2C(=O)C(O)=C(c3ccc(OC)cc3)C2=O)cc1. The van der Waals surface area contributed by atoms with Crippen molar-refractivity contribution in [2.24, 2.45) is 0 Å². The number of rotatable bonds is 6. The molecular weight excluding hydrogens is 344 g/mol. The van der Waals surface area contributed by atoms with Gasteiger partial charge in [-0.25, -0.2) is 4.90 Å². The summed E-state index contributed by atoms with van der Waals surface area (Å²) in [6, 6.07) is 13.8. The molecule has 2 aromatic rings. The molecule has 0 fully saturated rings. The first kappa shape index (κ1) is 18.5. The van der Waals surface area contributed by atoms with Crippen LogP contribution in [-0.4, -0.2) is 37.1 Å². The zero-order valence-corrected chi connectivity index (χ0v) is 15.6. The molecule has 1 N–H and O–H groups in total. The second-order valence-corrected chi connectivity index (χ2v) is 6.09. The number of imide groups is 1. The van der Waals surface area contributed by atoms with E-state index in [4.69, 9.17) is 4.74 Å². The van der Waals surface area contributed by atoms with Crippen LogP contribution in [0, 0.1) is 0 Å². The van der Waals surface area contributed by atoms with Gasteiger partial charge in [0.1, 0.15) is 5.75 Å². The Morgan fingerprint density at radius 1 is 0.926 bits per heavy atom. The molecule has 140 valence electrons. The van der Waals surface area contributed by atoms with E-state index in [1.165, 1.54) is 0 Å². The molecule has 3 rings (SSSR count). The zero-order valence-electron chi connectivity index (χ0n) is 15.6. The number of benzene rings is 2. The molecule has 1 aliphatic heterocycles. The number of ether oxygens (including phenoxy) is 1. The Labute approximate surface area is 158 Å². The fourth-order valence-electron chi connectivity index (χ4n) is 3.17. The maximum atomic E-state index is 12.9. The summed E-state index contributed by atoms with van der Waals surface area (Å²) in [5.74, 6) is -1.18. The fourth-order valence-corrected chi connectivity index (χ4v) is 3.17. The molecule has 2 amide bonds. The zero-order chi connectivity index (χ0) is 19.6. The van der Waals surface area contributed by atoms with Crippen LogP contribution in [-0.2, 0) is 9.59 Å². The molecular formula is C21H22N2O4. The van der Waals surface area contributed by atoms with E-state index in [-0.39, 0.29) is 5.57 Å². The molecule has 0 aliphatic carbocycles. The number of carbonyl (C=O) groups excluding carboxylic acids is 2. The highest BCUT2D eigenvalue weighted by atomic mass is 16.5. The van der Waals surface area contributed by atoms with E-state index in [1.807, 2.05) is 12.1 Å². The maximum absolute atomic E-state index is 12.9. The van der Waals surface area contributed by atoms with Gasteiger partial charge in [0.25, 0.3) is 5.91 Å². The third-order valence-electron chi connectivity index (χ3n) is 4.67. The minimum atomic E-state index is -0.721. The van der Waals surface area contributed by atoms with Gasteiger partial charge in [-0.15, -0.1) is 0 Å². The first-order valence-electron chi connectivity index (χ1n) is 8.83. The van der Waals surface area contributed by atoms with Crippen molar-refractivity contribution in [3.05, 3.63) is 59.9 Å². The third-order valence-corrected chi connectivity index (χ3v) is 4.67. The van der Waals surface area contributed by atoms with Gasteiger partial charge >= 0.3 is 5.91 Å². The van der Waals surface area contributed by atoms with Crippen molar-refractivity contribution in [1.29, 1.82) is 0 Å². The molecule has 2 aromatic carbocycles. The molecule has 1 heterocycles. The molecule has 0 radical (unpaired) electrons. The number of amides is 2. The minimum Gasteiger partial charge on any atom is -0.502 e. The second-order valence-electron chi connectivity index (χ2n) is 6.09. The molecule has 6 heteroatoms. The third kappa shape index (κ3) is 3.26. The van der Waals surface area contributed by atoms with Gasteiger partial charge in [-0.1, -0.05) is 12.1 Å². The van der Waals surface area contributed by atoms with Gasteiger partial charge in [0.15, 0.2) is 5.76 Å². The molecule has 0 saturated carbocycles. The average molecular weight is 366 g/mol. The number of hydrogen-bond donors (Lipinski definition) is 1. The topological polar surface area (TPSA) is 70.1 Å². The van der Waals surface area contributed by atoms with Crippen LogP contribution >= 0.6 is 0 Å². The Morgan fingerprint density at radius 2 is 1.52 bits per heavy atom. The highest BCUT2D eigenvalue weighted by molar-refractivity contribution is 6.44. The van der Waals surface area contributed by atoms with Crippen molar-refractivity contribution in [3.8, 4) is 5.75 Å². The van der Waals surface area contributed by atoms with Gasteiger partial charge in [0.05, 0.1) is 18.4 Å². The molecule has 1 aliphatic rings. The van der Waals surface area contributed by atoms with E-state index in [0.29, 0.717) is 17.0 Å². The lowest BCUT2D eigenvalue weighted by Gasteiger charge is -2.22. The molecule has 6 nitrogen and oxygen atoms in total. The first-order valence-corrected chi connectivity index (χ1v) is 8.83. The predicted molar refractivity (Wildman–Crippen MR) is 105 cm³/mol. The van der Waals surface area contributed by atoms with Crippen molar-refractivity contribution >= 4 is 28.8 Å². The van der Waals surface area contributed by atoms with Crippen molar-refractivity contribution in [2.75, 3.05) is 30.0 Å². The van der Waals surface area contributed by atoms with Crippen molar-refractivity contribution < 1.29 is 19.4 Å². The largest absolute Gasteiger partial charge is 0.502 e. The lowest BCUT2D eigenvalue weighted by atomic mass is 10.1. The van der Waals surface area contributed by atoms with Crippen molar-refractivity contribution in [3.63, 3.8) is 0 Å². The molecule has 0 bridgehead atoms. The van der Waals surface area contributed by atoms with Crippen LogP contribution in [0.15, 0.2) is 54.3 Å². The van der Waals surface area contributed by atoms with Gasteiger partial charge in [-0.2, -0.15) is 0 Å². The Bertz CT molecular complexity index is 881. The number of aliphatic hydroxyl groups excluding tert-OH is 1. The first-order chi connectivity index (χ1) is 13.0. The predicted octanol–water partition coefficient (Wildman–Crippen LogP) is 3.38. The van der Waals surface area contributed by atoms with E-state index in [1.54, 1.807) is 43.5 Å². The van der Waals surface area contributed by atoms with Gasteiger partial charge < -0.3 is 14.7 Å². The highest BCUT2D eigenvalue weighted by Crippen LogP contribution is 2.33. The van der Waals surface area contributed by atoms with Crippen LogP contribution < -0.4 is 14.5 Å². The lowest BCUT2D eigenvalue weighted by Crippen LogP contribution is -2.31. The van der Waals surface area contributed by atoms with Crippen LogP contribution in [0.3, 0.4) is 0 Å². The number of anilines is 2. The highest BCUT2D eigenvalue weighted by Gasteiger charge is 2.40. The summed E-state index contributed by atoms with van der Waals surface area (Å²) in [5.41, 5.74) is 1.90. The Morgan fingerprint density at radius 3 is 2.04 bits per heavy atom. The Hall–Kier alpha value is -3.28. The summed E-state index contributed by atoms with van der Waals surface area (Å²) in [6.07, 6.45) is 0. The van der Waals surface area contributed by atoms with E-state index < -0.39 is 17.6 Å². The number of carbonyl (C=O) groups is 2. The Balaban J connectivity index is 1.91. The maximum Gasteiger partial charge on any atom is 0.301 e. The van der Waals surface area contributed by atoms with E-state index in [9.17, 15) is 14.7 Å². The molecule has 0 unspecified atom stereocenters.